The van der Waals surface area contributed by atoms with E-state index in [1.54, 1.807) is 0 Å². The van der Waals surface area contributed by atoms with Gasteiger partial charge in [-0.15, -0.1) is 0 Å². The number of amides is 1. The molecule has 3 heteroatoms. The lowest BCUT2D eigenvalue weighted by Gasteiger charge is -2.27. The van der Waals surface area contributed by atoms with Crippen molar-refractivity contribution in [3.05, 3.63) is 12.2 Å². The summed E-state index contributed by atoms with van der Waals surface area (Å²) in [7, 11) is 0. The van der Waals surface area contributed by atoms with E-state index in [1.165, 1.54) is 0 Å². The van der Waals surface area contributed by atoms with Crippen LogP contribution in [0.3, 0.4) is 0 Å². The number of hydrogen-bond acceptors (Lipinski definition) is 2. The highest BCUT2D eigenvalue weighted by Gasteiger charge is 2.40. The molecule has 0 aromatic heterocycles. The molecule has 2 aliphatic rings. The fraction of sp³-hybridized carbons (Fsp3) is 0.750. The second kappa shape index (κ2) is 4.35. The number of nitrogens with one attached hydrogen (secondary N) is 1. The Labute approximate surface area is 91.1 Å². The van der Waals surface area contributed by atoms with E-state index in [4.69, 9.17) is 5.73 Å². The predicted octanol–water partition coefficient (Wildman–Crippen LogP) is 1.34. The summed E-state index contributed by atoms with van der Waals surface area (Å²) in [5.41, 5.74) is 5.52. The molecule has 0 bridgehead atoms. The summed E-state index contributed by atoms with van der Waals surface area (Å²) in [5.74, 6) is 0.191. The Morgan fingerprint density at radius 3 is 2.47 bits per heavy atom. The summed E-state index contributed by atoms with van der Waals surface area (Å²) in [6.45, 7) is 0.499. The molecule has 0 aliphatic heterocycles. The van der Waals surface area contributed by atoms with Crippen molar-refractivity contribution >= 4 is 5.91 Å². The fourth-order valence-corrected chi connectivity index (χ4v) is 2.65. The first-order valence-corrected chi connectivity index (χ1v) is 5.93. The molecule has 0 spiro atoms. The van der Waals surface area contributed by atoms with Crippen LogP contribution in [0.1, 0.15) is 38.5 Å². The average Bonchev–Trinajstić information content (AvgIpc) is 2.87. The summed E-state index contributed by atoms with van der Waals surface area (Å²) in [4.78, 5) is 12.1. The van der Waals surface area contributed by atoms with E-state index in [1.807, 2.05) is 0 Å². The Morgan fingerprint density at radius 1 is 1.33 bits per heavy atom. The molecule has 2 rings (SSSR count). The third-order valence-electron chi connectivity index (χ3n) is 3.78. The smallest absolute Gasteiger partial charge is 0.227 e. The highest BCUT2D eigenvalue weighted by Crippen LogP contribution is 2.37. The van der Waals surface area contributed by atoms with Gasteiger partial charge in [0.2, 0.25) is 5.91 Å². The van der Waals surface area contributed by atoms with E-state index < -0.39 is 0 Å². The number of hydrogen-bond donors (Lipinski definition) is 2. The molecule has 0 radical (unpaired) electrons. The maximum atomic E-state index is 12.1. The Balaban J connectivity index is 1.93. The number of carbonyl (C=O) groups is 1. The van der Waals surface area contributed by atoms with E-state index in [2.05, 4.69) is 17.5 Å². The third kappa shape index (κ3) is 2.07. The van der Waals surface area contributed by atoms with Crippen LogP contribution in [-0.2, 0) is 4.79 Å². The van der Waals surface area contributed by atoms with Crippen molar-refractivity contribution in [2.45, 2.75) is 44.6 Å². The topological polar surface area (TPSA) is 55.1 Å². The number of carbonyl (C=O) groups excluding carboxylic acids is 1. The van der Waals surface area contributed by atoms with Crippen LogP contribution in [0.15, 0.2) is 12.2 Å². The second-order valence-corrected chi connectivity index (χ2v) is 4.80. The van der Waals surface area contributed by atoms with Crippen molar-refractivity contribution in [1.29, 1.82) is 0 Å². The highest BCUT2D eigenvalue weighted by atomic mass is 16.2. The molecule has 0 aromatic carbocycles. The Morgan fingerprint density at radius 2 is 1.93 bits per heavy atom. The van der Waals surface area contributed by atoms with Crippen molar-refractivity contribution < 1.29 is 4.79 Å². The summed E-state index contributed by atoms with van der Waals surface area (Å²) >= 11 is 0. The first-order valence-electron chi connectivity index (χ1n) is 5.93. The monoisotopic (exact) mass is 208 g/mol. The van der Waals surface area contributed by atoms with Gasteiger partial charge in [0.15, 0.2) is 0 Å². The van der Waals surface area contributed by atoms with Gasteiger partial charge in [-0.25, -0.2) is 0 Å². The molecule has 3 nitrogen and oxygen atoms in total. The summed E-state index contributed by atoms with van der Waals surface area (Å²) in [6, 6.07) is 0.321. The van der Waals surface area contributed by atoms with E-state index in [9.17, 15) is 4.79 Å². The average molecular weight is 208 g/mol. The van der Waals surface area contributed by atoms with Gasteiger partial charge in [-0.3, -0.25) is 4.79 Å². The minimum atomic E-state index is -0.247. The maximum absolute atomic E-state index is 12.1. The van der Waals surface area contributed by atoms with Crippen molar-refractivity contribution in [3.63, 3.8) is 0 Å². The van der Waals surface area contributed by atoms with Gasteiger partial charge in [0, 0.05) is 12.6 Å². The molecule has 0 unspecified atom stereocenters. The summed E-state index contributed by atoms with van der Waals surface area (Å²) < 4.78 is 0. The molecule has 15 heavy (non-hydrogen) atoms. The van der Waals surface area contributed by atoms with Crippen LogP contribution in [0.5, 0.6) is 0 Å². The lowest BCUT2D eigenvalue weighted by atomic mass is 9.85. The molecular weight excluding hydrogens is 188 g/mol. The van der Waals surface area contributed by atoms with Crippen LogP contribution < -0.4 is 11.1 Å². The summed E-state index contributed by atoms with van der Waals surface area (Å²) in [5, 5.41) is 3.13. The number of rotatable bonds is 3. The molecule has 0 atom stereocenters. The van der Waals surface area contributed by atoms with Gasteiger partial charge in [0.1, 0.15) is 0 Å². The van der Waals surface area contributed by atoms with Crippen molar-refractivity contribution in [2.24, 2.45) is 11.1 Å². The molecule has 1 amide bonds. The Bertz CT molecular complexity index is 259. The maximum Gasteiger partial charge on any atom is 0.227 e. The molecule has 1 saturated carbocycles. The lowest BCUT2D eigenvalue weighted by Crippen LogP contribution is -2.47. The standard InChI is InChI=1S/C12H20N2O/c13-9-12(7-3-4-8-12)11(15)14-10-5-1-2-6-10/h1-2,10H,3-9,13H2,(H,14,15). The van der Waals surface area contributed by atoms with Gasteiger partial charge in [-0.1, -0.05) is 25.0 Å². The van der Waals surface area contributed by atoms with E-state index >= 15 is 0 Å². The first-order chi connectivity index (χ1) is 7.27. The van der Waals surface area contributed by atoms with Gasteiger partial charge in [0.05, 0.1) is 5.41 Å². The van der Waals surface area contributed by atoms with Crippen LogP contribution in [-0.4, -0.2) is 18.5 Å². The van der Waals surface area contributed by atoms with Gasteiger partial charge in [-0.2, -0.15) is 0 Å². The zero-order valence-electron chi connectivity index (χ0n) is 9.17. The molecular formula is C12H20N2O. The van der Waals surface area contributed by atoms with Crippen LogP contribution in [0.4, 0.5) is 0 Å². The Hall–Kier alpha value is -0.830. The van der Waals surface area contributed by atoms with Gasteiger partial charge in [-0.05, 0) is 25.7 Å². The van der Waals surface area contributed by atoms with Crippen LogP contribution in [0.2, 0.25) is 0 Å². The third-order valence-corrected chi connectivity index (χ3v) is 3.78. The normalized spacial score (nSPS) is 24.6. The van der Waals surface area contributed by atoms with E-state index in [0.29, 0.717) is 12.6 Å². The minimum absolute atomic E-state index is 0.191. The molecule has 0 saturated heterocycles. The van der Waals surface area contributed by atoms with E-state index in [-0.39, 0.29) is 11.3 Å². The second-order valence-electron chi connectivity index (χ2n) is 4.80. The van der Waals surface area contributed by atoms with Gasteiger partial charge >= 0.3 is 0 Å². The zero-order valence-corrected chi connectivity index (χ0v) is 9.17. The van der Waals surface area contributed by atoms with Crippen LogP contribution in [0.25, 0.3) is 0 Å². The van der Waals surface area contributed by atoms with Gasteiger partial charge in [0.25, 0.3) is 0 Å². The first kappa shape index (κ1) is 10.7. The lowest BCUT2D eigenvalue weighted by molar-refractivity contribution is -0.131. The van der Waals surface area contributed by atoms with Crippen molar-refractivity contribution in [3.8, 4) is 0 Å². The van der Waals surface area contributed by atoms with Crippen LogP contribution in [0, 0.1) is 5.41 Å². The quantitative estimate of drug-likeness (QED) is 0.688. The SMILES string of the molecule is NCC1(C(=O)NC2CC=CC2)CCCC1. The molecule has 0 heterocycles. The summed E-state index contributed by atoms with van der Waals surface area (Å²) in [6.07, 6.45) is 10.5. The largest absolute Gasteiger partial charge is 0.352 e. The predicted molar refractivity (Wildman–Crippen MR) is 60.3 cm³/mol. The minimum Gasteiger partial charge on any atom is -0.352 e. The fourth-order valence-electron chi connectivity index (χ4n) is 2.65. The van der Waals surface area contributed by atoms with Gasteiger partial charge < -0.3 is 11.1 Å². The van der Waals surface area contributed by atoms with Crippen molar-refractivity contribution in [1.82, 2.24) is 5.32 Å². The molecule has 2 aliphatic carbocycles. The highest BCUT2D eigenvalue weighted by molar-refractivity contribution is 5.83. The van der Waals surface area contributed by atoms with E-state index in [0.717, 1.165) is 38.5 Å². The molecule has 84 valence electrons. The zero-order chi connectivity index (χ0) is 10.7. The molecule has 1 fully saturated rings. The number of nitrogens with two attached hydrogens (primary N) is 1. The van der Waals surface area contributed by atoms with Crippen LogP contribution >= 0.6 is 0 Å². The molecule has 3 N–H and O–H groups in total. The Kier molecular flexibility index (Phi) is 3.10. The van der Waals surface area contributed by atoms with Crippen molar-refractivity contribution in [2.75, 3.05) is 6.54 Å². The molecule has 0 aromatic rings.